The summed E-state index contributed by atoms with van der Waals surface area (Å²) in [7, 11) is -3.58. The van der Waals surface area contributed by atoms with E-state index >= 15 is 0 Å². The smallest absolute Gasteiger partial charge is 0.307 e. The van der Waals surface area contributed by atoms with Gasteiger partial charge in [0, 0.05) is 18.0 Å². The minimum absolute atomic E-state index is 0.0699. The van der Waals surface area contributed by atoms with Crippen molar-refractivity contribution in [3.05, 3.63) is 17.0 Å². The SMILES string of the molecule is CC(C)(C)c1ccc(S(=O)(=O)N2CCCC(C(=O)O)C2)s1. The normalized spacial score (nSPS) is 21.4. The Morgan fingerprint density at radius 2 is 2.05 bits per heavy atom. The molecule has 21 heavy (non-hydrogen) atoms. The second kappa shape index (κ2) is 5.70. The molecule has 1 aromatic rings. The molecule has 1 aromatic heterocycles. The molecule has 7 heteroatoms. The Balaban J connectivity index is 2.25. The average molecular weight is 331 g/mol. The Morgan fingerprint density at radius 3 is 2.57 bits per heavy atom. The van der Waals surface area contributed by atoms with E-state index in [0.717, 1.165) is 4.88 Å². The Kier molecular flexibility index (Phi) is 4.46. The first-order valence-corrected chi connectivity index (χ1v) is 9.21. The Hall–Kier alpha value is -0.920. The van der Waals surface area contributed by atoms with Crippen LogP contribution >= 0.6 is 11.3 Å². The molecule has 1 saturated heterocycles. The van der Waals surface area contributed by atoms with Crippen LogP contribution in [0.5, 0.6) is 0 Å². The van der Waals surface area contributed by atoms with Crippen molar-refractivity contribution in [1.82, 2.24) is 4.31 Å². The van der Waals surface area contributed by atoms with E-state index in [1.807, 2.05) is 26.8 Å². The molecule has 0 spiro atoms. The van der Waals surface area contributed by atoms with Gasteiger partial charge in [-0.05, 0) is 30.4 Å². The summed E-state index contributed by atoms with van der Waals surface area (Å²) in [6.45, 7) is 6.58. The van der Waals surface area contributed by atoms with Crippen LogP contribution in [0.25, 0.3) is 0 Å². The predicted octanol–water partition coefficient (Wildman–Crippen LogP) is 2.53. The third-order valence-electron chi connectivity index (χ3n) is 3.65. The molecule has 5 nitrogen and oxygen atoms in total. The van der Waals surface area contributed by atoms with Crippen molar-refractivity contribution >= 4 is 27.3 Å². The number of piperidine rings is 1. The minimum atomic E-state index is -3.58. The van der Waals surface area contributed by atoms with Gasteiger partial charge in [-0.1, -0.05) is 20.8 Å². The van der Waals surface area contributed by atoms with Crippen molar-refractivity contribution in [3.63, 3.8) is 0 Å². The monoisotopic (exact) mass is 331 g/mol. The molecule has 2 heterocycles. The number of carboxylic acids is 1. The molecule has 1 unspecified atom stereocenters. The van der Waals surface area contributed by atoms with Gasteiger partial charge in [-0.3, -0.25) is 4.79 Å². The maximum atomic E-state index is 12.6. The number of thiophene rings is 1. The summed E-state index contributed by atoms with van der Waals surface area (Å²) < 4.78 is 26.9. The second-order valence-corrected chi connectivity index (χ2v) is 9.66. The summed E-state index contributed by atoms with van der Waals surface area (Å²) in [5, 5.41) is 9.08. The zero-order valence-corrected chi connectivity index (χ0v) is 14.1. The molecule has 2 rings (SSSR count). The third-order valence-corrected chi connectivity index (χ3v) is 7.49. The van der Waals surface area contributed by atoms with Crippen LogP contribution < -0.4 is 0 Å². The van der Waals surface area contributed by atoms with Gasteiger partial charge in [0.15, 0.2) is 0 Å². The number of hydrogen-bond acceptors (Lipinski definition) is 4. The lowest BCUT2D eigenvalue weighted by Gasteiger charge is -2.29. The van der Waals surface area contributed by atoms with Crippen LogP contribution in [0.15, 0.2) is 16.3 Å². The molecule has 0 aliphatic carbocycles. The topological polar surface area (TPSA) is 74.7 Å². The van der Waals surface area contributed by atoms with Gasteiger partial charge in [0.05, 0.1) is 5.92 Å². The van der Waals surface area contributed by atoms with E-state index < -0.39 is 21.9 Å². The van der Waals surface area contributed by atoms with E-state index in [4.69, 9.17) is 5.11 Å². The molecular formula is C14H21NO4S2. The quantitative estimate of drug-likeness (QED) is 0.923. The highest BCUT2D eigenvalue weighted by molar-refractivity contribution is 7.91. The van der Waals surface area contributed by atoms with Crippen molar-refractivity contribution in [2.24, 2.45) is 5.92 Å². The van der Waals surface area contributed by atoms with Crippen LogP contribution in [0.1, 0.15) is 38.5 Å². The Labute approximate surface area is 129 Å². The summed E-state index contributed by atoms with van der Waals surface area (Å²) in [6.07, 6.45) is 1.13. The third kappa shape index (κ3) is 3.46. The van der Waals surface area contributed by atoms with E-state index in [9.17, 15) is 13.2 Å². The van der Waals surface area contributed by atoms with E-state index in [1.165, 1.54) is 15.6 Å². The van der Waals surface area contributed by atoms with Crippen molar-refractivity contribution in [3.8, 4) is 0 Å². The zero-order chi connectivity index (χ0) is 15.8. The first kappa shape index (κ1) is 16.5. The summed E-state index contributed by atoms with van der Waals surface area (Å²) in [4.78, 5) is 12.1. The highest BCUT2D eigenvalue weighted by atomic mass is 32.2. The predicted molar refractivity (Wildman–Crippen MR) is 82.1 cm³/mol. The number of sulfonamides is 1. The molecule has 0 saturated carbocycles. The van der Waals surface area contributed by atoms with E-state index in [0.29, 0.717) is 23.6 Å². The second-order valence-electron chi connectivity index (χ2n) is 6.41. The average Bonchev–Trinajstić information content (AvgIpc) is 2.89. The lowest BCUT2D eigenvalue weighted by atomic mass is 9.95. The Bertz CT molecular complexity index is 628. The van der Waals surface area contributed by atoms with Crippen LogP contribution in [0.4, 0.5) is 0 Å². The Morgan fingerprint density at radius 1 is 1.38 bits per heavy atom. The number of hydrogen-bond donors (Lipinski definition) is 1. The van der Waals surface area contributed by atoms with Crippen LogP contribution in [0, 0.1) is 5.92 Å². The molecule has 118 valence electrons. The molecule has 1 fully saturated rings. The molecule has 1 atom stereocenters. The van der Waals surface area contributed by atoms with Crippen LogP contribution in [0.3, 0.4) is 0 Å². The number of carbonyl (C=O) groups is 1. The number of rotatable bonds is 3. The summed E-state index contributed by atoms with van der Waals surface area (Å²) in [5.41, 5.74) is -0.0933. The minimum Gasteiger partial charge on any atom is -0.481 e. The molecule has 1 aliphatic rings. The standard InChI is InChI=1S/C14H21NO4S2/c1-14(2,3)11-6-7-12(20-11)21(18,19)15-8-4-5-10(9-15)13(16)17/h6-7,10H,4-5,8-9H2,1-3H3,(H,16,17). The van der Waals surface area contributed by atoms with E-state index in [1.54, 1.807) is 6.07 Å². The van der Waals surface area contributed by atoms with Gasteiger partial charge in [0.2, 0.25) is 0 Å². The number of aliphatic carboxylic acids is 1. The van der Waals surface area contributed by atoms with Crippen molar-refractivity contribution in [1.29, 1.82) is 0 Å². The highest BCUT2D eigenvalue weighted by Gasteiger charge is 2.34. The zero-order valence-electron chi connectivity index (χ0n) is 12.5. The highest BCUT2D eigenvalue weighted by Crippen LogP contribution is 2.34. The fourth-order valence-corrected chi connectivity index (χ4v) is 5.39. The lowest BCUT2D eigenvalue weighted by molar-refractivity contribution is -0.142. The first-order chi connectivity index (χ1) is 9.62. The molecule has 1 N–H and O–H groups in total. The molecule has 0 bridgehead atoms. The van der Waals surface area contributed by atoms with Crippen LogP contribution in [0.2, 0.25) is 0 Å². The van der Waals surface area contributed by atoms with Gasteiger partial charge < -0.3 is 5.11 Å². The maximum absolute atomic E-state index is 12.6. The summed E-state index contributed by atoms with van der Waals surface area (Å²) in [5.74, 6) is -1.52. The van der Waals surface area contributed by atoms with Crippen molar-refractivity contribution < 1.29 is 18.3 Å². The van der Waals surface area contributed by atoms with Crippen LogP contribution in [-0.4, -0.2) is 36.9 Å². The lowest BCUT2D eigenvalue weighted by Crippen LogP contribution is -2.42. The van der Waals surface area contributed by atoms with Gasteiger partial charge in [-0.25, -0.2) is 8.42 Å². The summed E-state index contributed by atoms with van der Waals surface area (Å²) in [6, 6.07) is 3.47. The molecule has 0 radical (unpaired) electrons. The van der Waals surface area contributed by atoms with Gasteiger partial charge in [0.25, 0.3) is 10.0 Å². The van der Waals surface area contributed by atoms with Gasteiger partial charge in [-0.2, -0.15) is 4.31 Å². The summed E-state index contributed by atoms with van der Waals surface area (Å²) >= 11 is 1.27. The van der Waals surface area contributed by atoms with Gasteiger partial charge >= 0.3 is 5.97 Å². The fourth-order valence-electron chi connectivity index (χ4n) is 2.35. The molecular weight excluding hydrogens is 310 g/mol. The largest absolute Gasteiger partial charge is 0.481 e. The molecule has 0 amide bonds. The fraction of sp³-hybridized carbons (Fsp3) is 0.643. The van der Waals surface area contributed by atoms with Crippen molar-refractivity contribution in [2.75, 3.05) is 13.1 Å². The first-order valence-electron chi connectivity index (χ1n) is 6.95. The van der Waals surface area contributed by atoms with Crippen LogP contribution in [-0.2, 0) is 20.2 Å². The van der Waals surface area contributed by atoms with Crippen molar-refractivity contribution in [2.45, 2.75) is 43.2 Å². The number of carboxylic acid groups (broad SMARTS) is 1. The molecule has 1 aliphatic heterocycles. The van der Waals surface area contributed by atoms with E-state index in [2.05, 4.69) is 0 Å². The van der Waals surface area contributed by atoms with Gasteiger partial charge in [0.1, 0.15) is 4.21 Å². The maximum Gasteiger partial charge on any atom is 0.307 e. The molecule has 0 aromatic carbocycles. The number of nitrogens with zero attached hydrogens (tertiary/aromatic N) is 1. The van der Waals surface area contributed by atoms with Gasteiger partial charge in [-0.15, -0.1) is 11.3 Å². The van der Waals surface area contributed by atoms with E-state index in [-0.39, 0.29) is 12.0 Å².